The molecule has 5 nitrogen and oxygen atoms in total. The molecule has 0 heterocycles. The molecule has 0 rings (SSSR count). The summed E-state index contributed by atoms with van der Waals surface area (Å²) in [5.74, 6) is 0. The van der Waals surface area contributed by atoms with Crippen LogP contribution in [0.5, 0.6) is 0 Å². The molecule has 0 amide bonds. The highest BCUT2D eigenvalue weighted by Gasteiger charge is 2.16. The van der Waals surface area contributed by atoms with E-state index in [0.29, 0.717) is 0 Å². The topological polar surface area (TPSA) is 126 Å². The minimum Gasteiger partial charge on any atom is -1.00 e. The number of nitrogens with zero attached hydrogens (tertiary/aromatic N) is 1. The van der Waals surface area contributed by atoms with Gasteiger partial charge in [0.15, 0.2) is 0 Å². The van der Waals surface area contributed by atoms with E-state index in [4.69, 9.17) is 0 Å². The fourth-order valence-electron chi connectivity index (χ4n) is 1.34. The minimum atomic E-state index is 0. The molecule has 0 aliphatic rings. The Balaban J connectivity index is -0.0000000320. The van der Waals surface area contributed by atoms with Gasteiger partial charge in [0.25, 0.3) is 0 Å². The Hall–Kier alpha value is 0.0900. The van der Waals surface area contributed by atoms with Gasteiger partial charge in [-0.3, -0.25) is 0 Å². The molecule has 0 radical (unpaired) electrons. The molecule has 0 saturated carbocycles. The molecule has 6 heteroatoms. The van der Waals surface area contributed by atoms with E-state index in [9.17, 15) is 0 Å². The quantitative estimate of drug-likeness (QED) is 0.438. The second kappa shape index (κ2) is 18.8. The maximum absolute atomic E-state index is 2.27. The first-order chi connectivity index (χ1) is 4.24. The van der Waals surface area contributed by atoms with Gasteiger partial charge in [-0.25, -0.2) is 0 Å². The van der Waals surface area contributed by atoms with E-state index < -0.39 is 0 Å². The zero-order valence-corrected chi connectivity index (χ0v) is 10.4. The summed E-state index contributed by atoms with van der Waals surface area (Å²) in [5.41, 5.74) is 0. The third kappa shape index (κ3) is 10.2. The fourth-order valence-corrected chi connectivity index (χ4v) is 1.34. The van der Waals surface area contributed by atoms with Crippen molar-refractivity contribution in [2.24, 2.45) is 0 Å². The molecule has 8 N–H and O–H groups in total. The van der Waals surface area contributed by atoms with Gasteiger partial charge >= 0.3 is 0 Å². The lowest BCUT2D eigenvalue weighted by molar-refractivity contribution is -0.921. The molecule has 0 saturated heterocycles. The monoisotopic (exact) mass is 237 g/mol. The highest BCUT2D eigenvalue weighted by atomic mass is 35.5. The Morgan fingerprint density at radius 1 is 0.571 bits per heavy atom. The number of rotatable bonds is 4. The average molecular weight is 238 g/mol. The molecule has 96 valence electrons. The Morgan fingerprint density at radius 3 is 0.714 bits per heavy atom. The second-order valence-corrected chi connectivity index (χ2v) is 2.61. The van der Waals surface area contributed by atoms with Crippen molar-refractivity contribution in [1.82, 2.24) is 0 Å². The normalized spacial score (nSPS) is 7.71. The van der Waals surface area contributed by atoms with Crippen LogP contribution in [0.2, 0.25) is 0 Å². The van der Waals surface area contributed by atoms with Crippen LogP contribution in [0.15, 0.2) is 0 Å². The maximum atomic E-state index is 2.27. The summed E-state index contributed by atoms with van der Waals surface area (Å²) in [6, 6.07) is 0. The van der Waals surface area contributed by atoms with Gasteiger partial charge in [0.05, 0.1) is 26.2 Å². The maximum Gasteiger partial charge on any atom is 0.0757 e. The van der Waals surface area contributed by atoms with Crippen molar-refractivity contribution in [3.63, 3.8) is 0 Å². The van der Waals surface area contributed by atoms with E-state index >= 15 is 0 Å². The predicted octanol–water partition coefficient (Wildman–Crippen LogP) is -4.41. The summed E-state index contributed by atoms with van der Waals surface area (Å²) in [4.78, 5) is 0. The highest BCUT2D eigenvalue weighted by Crippen LogP contribution is 2.03. The van der Waals surface area contributed by atoms with E-state index in [0.717, 1.165) is 0 Å². The molecular weight excluding hydrogens is 210 g/mol. The second-order valence-electron chi connectivity index (χ2n) is 2.61. The van der Waals surface area contributed by atoms with Crippen molar-refractivity contribution in [1.29, 1.82) is 0 Å². The first-order valence-corrected chi connectivity index (χ1v) is 4.09. The summed E-state index contributed by atoms with van der Waals surface area (Å²) in [7, 11) is 0. The third-order valence-electron chi connectivity index (χ3n) is 2.68. The molecule has 0 spiro atoms. The number of hydrogen-bond donors (Lipinski definition) is 0. The zero-order valence-electron chi connectivity index (χ0n) is 9.65. The van der Waals surface area contributed by atoms with Crippen molar-refractivity contribution >= 4 is 0 Å². The van der Waals surface area contributed by atoms with E-state index in [1.807, 2.05) is 0 Å². The Kier molecular flexibility index (Phi) is 49.5. The standard InChI is InChI=1S/C8H20N.ClH.4H2O/c1-5-9(6-2,7-3)8-4;;;;;/h5-8H2,1-4H3;1H;4*1H2/q+1;;;;;/p-1. The molecule has 0 atom stereocenters. The summed E-state index contributed by atoms with van der Waals surface area (Å²) in [6.45, 7) is 14.2. The molecular formula is C8H28ClNO4. The Labute approximate surface area is 93.3 Å². The lowest BCUT2D eigenvalue weighted by Crippen LogP contribution is -3.00. The molecule has 0 bridgehead atoms. The molecule has 0 aliphatic heterocycles. The first kappa shape index (κ1) is 36.9. The lowest BCUT2D eigenvalue weighted by Gasteiger charge is -2.34. The van der Waals surface area contributed by atoms with Crippen LogP contribution < -0.4 is 12.4 Å². The molecule has 0 fully saturated rings. The number of quaternary nitrogens is 1. The summed E-state index contributed by atoms with van der Waals surface area (Å²) in [6.07, 6.45) is 0. The highest BCUT2D eigenvalue weighted by molar-refractivity contribution is 4.31. The SMILES string of the molecule is CC[N+](CC)(CC)CC.O.O.O.O.[Cl-]. The number of hydrogen-bond acceptors (Lipinski definition) is 0. The van der Waals surface area contributed by atoms with Gasteiger partial charge in [-0.1, -0.05) is 0 Å². The van der Waals surface area contributed by atoms with Crippen LogP contribution in [0.4, 0.5) is 0 Å². The fraction of sp³-hybridized carbons (Fsp3) is 1.00. The van der Waals surface area contributed by atoms with Crippen molar-refractivity contribution in [3.05, 3.63) is 0 Å². The smallest absolute Gasteiger partial charge is 0.0757 e. The Bertz CT molecular complexity index is 64.2. The van der Waals surface area contributed by atoms with Crippen LogP contribution >= 0.6 is 0 Å². The summed E-state index contributed by atoms with van der Waals surface area (Å²) in [5, 5.41) is 0. The van der Waals surface area contributed by atoms with Gasteiger partial charge < -0.3 is 38.8 Å². The van der Waals surface area contributed by atoms with Gasteiger partial charge in [-0.15, -0.1) is 0 Å². The van der Waals surface area contributed by atoms with Gasteiger partial charge in [0, 0.05) is 0 Å². The molecule has 0 unspecified atom stereocenters. The van der Waals surface area contributed by atoms with Crippen molar-refractivity contribution in [2.45, 2.75) is 27.7 Å². The van der Waals surface area contributed by atoms with Gasteiger partial charge in [-0.05, 0) is 27.7 Å². The van der Waals surface area contributed by atoms with Crippen LogP contribution in [0.3, 0.4) is 0 Å². The van der Waals surface area contributed by atoms with Crippen LogP contribution in [0.25, 0.3) is 0 Å². The van der Waals surface area contributed by atoms with Gasteiger partial charge in [0.2, 0.25) is 0 Å². The summed E-state index contributed by atoms with van der Waals surface area (Å²) < 4.78 is 1.28. The average Bonchev–Trinajstić information content (AvgIpc) is 1.95. The van der Waals surface area contributed by atoms with E-state index in [2.05, 4.69) is 27.7 Å². The summed E-state index contributed by atoms with van der Waals surface area (Å²) >= 11 is 0. The van der Waals surface area contributed by atoms with Crippen LogP contribution in [-0.2, 0) is 0 Å². The van der Waals surface area contributed by atoms with E-state index in [1.165, 1.54) is 30.7 Å². The Morgan fingerprint density at radius 2 is 0.714 bits per heavy atom. The van der Waals surface area contributed by atoms with Crippen molar-refractivity contribution in [2.75, 3.05) is 26.2 Å². The van der Waals surface area contributed by atoms with E-state index in [-0.39, 0.29) is 34.3 Å². The van der Waals surface area contributed by atoms with Crippen molar-refractivity contribution < 1.29 is 38.8 Å². The first-order valence-electron chi connectivity index (χ1n) is 4.09. The van der Waals surface area contributed by atoms with Crippen LogP contribution in [-0.4, -0.2) is 52.6 Å². The lowest BCUT2D eigenvalue weighted by atomic mass is 10.3. The predicted molar refractivity (Wildman–Crippen MR) is 56.9 cm³/mol. The molecule has 14 heavy (non-hydrogen) atoms. The molecule has 0 aromatic heterocycles. The largest absolute Gasteiger partial charge is 1.00 e. The molecule has 0 aromatic rings. The van der Waals surface area contributed by atoms with E-state index in [1.54, 1.807) is 0 Å². The van der Waals surface area contributed by atoms with Crippen molar-refractivity contribution in [3.8, 4) is 0 Å². The third-order valence-corrected chi connectivity index (χ3v) is 2.68. The minimum absolute atomic E-state index is 0. The molecule has 0 aromatic carbocycles. The van der Waals surface area contributed by atoms with Crippen LogP contribution in [0.1, 0.15) is 27.7 Å². The van der Waals surface area contributed by atoms with Crippen LogP contribution in [0, 0.1) is 0 Å². The van der Waals surface area contributed by atoms with Gasteiger partial charge in [0.1, 0.15) is 0 Å². The van der Waals surface area contributed by atoms with Gasteiger partial charge in [-0.2, -0.15) is 0 Å². The zero-order chi connectivity index (χ0) is 7.33. The number of halogens is 1. The molecule has 0 aliphatic carbocycles.